The summed E-state index contributed by atoms with van der Waals surface area (Å²) in [4.78, 5) is 0. The SMILES string of the molecule is Cc1c(CNc2ccccc2)cnn1C. The van der Waals surface area contributed by atoms with Gasteiger partial charge in [-0.3, -0.25) is 4.68 Å². The van der Waals surface area contributed by atoms with Gasteiger partial charge < -0.3 is 5.32 Å². The van der Waals surface area contributed by atoms with Gasteiger partial charge in [0.25, 0.3) is 0 Å². The maximum Gasteiger partial charge on any atom is 0.0542 e. The second-order valence-corrected chi connectivity index (χ2v) is 3.60. The van der Waals surface area contributed by atoms with Crippen LogP contribution in [0.25, 0.3) is 0 Å². The summed E-state index contributed by atoms with van der Waals surface area (Å²) in [5, 5.41) is 7.57. The summed E-state index contributed by atoms with van der Waals surface area (Å²) in [7, 11) is 1.96. The Hall–Kier alpha value is -1.77. The van der Waals surface area contributed by atoms with E-state index in [1.807, 2.05) is 36.1 Å². The van der Waals surface area contributed by atoms with Crippen LogP contribution >= 0.6 is 0 Å². The molecule has 2 aromatic rings. The number of hydrogen-bond acceptors (Lipinski definition) is 2. The molecule has 0 aliphatic heterocycles. The summed E-state index contributed by atoms with van der Waals surface area (Å²) in [6, 6.07) is 10.2. The number of anilines is 1. The zero-order valence-corrected chi connectivity index (χ0v) is 9.07. The lowest BCUT2D eigenvalue weighted by Crippen LogP contribution is -2.01. The predicted molar refractivity (Wildman–Crippen MR) is 61.7 cm³/mol. The lowest BCUT2D eigenvalue weighted by Gasteiger charge is -2.05. The van der Waals surface area contributed by atoms with E-state index in [-0.39, 0.29) is 0 Å². The molecule has 0 amide bonds. The minimum atomic E-state index is 0.823. The summed E-state index contributed by atoms with van der Waals surface area (Å²) in [6.45, 7) is 2.90. The monoisotopic (exact) mass is 201 g/mol. The van der Waals surface area contributed by atoms with Gasteiger partial charge in [0.05, 0.1) is 6.20 Å². The maximum absolute atomic E-state index is 4.21. The Kier molecular flexibility index (Phi) is 2.72. The Labute approximate surface area is 89.7 Å². The second-order valence-electron chi connectivity index (χ2n) is 3.60. The number of para-hydroxylation sites is 1. The molecule has 1 aromatic heterocycles. The van der Waals surface area contributed by atoms with E-state index in [0.717, 1.165) is 12.2 Å². The van der Waals surface area contributed by atoms with Gasteiger partial charge in [0.2, 0.25) is 0 Å². The molecule has 3 nitrogen and oxygen atoms in total. The molecule has 1 heterocycles. The average molecular weight is 201 g/mol. The third kappa shape index (κ3) is 2.18. The summed E-state index contributed by atoms with van der Waals surface area (Å²) in [5.41, 5.74) is 3.58. The van der Waals surface area contributed by atoms with Crippen LogP contribution in [0.4, 0.5) is 5.69 Å². The highest BCUT2D eigenvalue weighted by molar-refractivity contribution is 5.43. The van der Waals surface area contributed by atoms with E-state index in [9.17, 15) is 0 Å². The molecular weight excluding hydrogens is 186 g/mol. The summed E-state index contributed by atoms with van der Waals surface area (Å²) in [5.74, 6) is 0. The second kappa shape index (κ2) is 4.17. The average Bonchev–Trinajstić information content (AvgIpc) is 2.59. The fraction of sp³-hybridized carbons (Fsp3) is 0.250. The largest absolute Gasteiger partial charge is 0.381 e. The fourth-order valence-corrected chi connectivity index (χ4v) is 1.47. The Morgan fingerprint density at radius 3 is 2.60 bits per heavy atom. The number of aryl methyl sites for hydroxylation is 1. The highest BCUT2D eigenvalue weighted by Gasteiger charge is 2.02. The van der Waals surface area contributed by atoms with Crippen LogP contribution in [0.1, 0.15) is 11.3 Å². The predicted octanol–water partition coefficient (Wildman–Crippen LogP) is 2.34. The van der Waals surface area contributed by atoms with E-state index < -0.39 is 0 Å². The molecule has 0 saturated carbocycles. The van der Waals surface area contributed by atoms with Crippen molar-refractivity contribution in [2.45, 2.75) is 13.5 Å². The molecule has 1 N–H and O–H groups in total. The van der Waals surface area contributed by atoms with Crippen LogP contribution in [-0.2, 0) is 13.6 Å². The van der Waals surface area contributed by atoms with Gasteiger partial charge in [0.1, 0.15) is 0 Å². The van der Waals surface area contributed by atoms with Crippen molar-refractivity contribution < 1.29 is 0 Å². The fourth-order valence-electron chi connectivity index (χ4n) is 1.47. The first-order valence-corrected chi connectivity index (χ1v) is 5.04. The highest BCUT2D eigenvalue weighted by atomic mass is 15.3. The Bertz CT molecular complexity index is 431. The van der Waals surface area contributed by atoms with Crippen molar-refractivity contribution in [2.24, 2.45) is 7.05 Å². The third-order valence-electron chi connectivity index (χ3n) is 2.59. The van der Waals surface area contributed by atoms with Crippen LogP contribution in [0.2, 0.25) is 0 Å². The van der Waals surface area contributed by atoms with E-state index >= 15 is 0 Å². The number of nitrogens with one attached hydrogen (secondary N) is 1. The molecule has 78 valence electrons. The van der Waals surface area contributed by atoms with Crippen molar-refractivity contribution in [2.75, 3.05) is 5.32 Å². The van der Waals surface area contributed by atoms with Crippen molar-refractivity contribution in [1.82, 2.24) is 9.78 Å². The summed E-state index contributed by atoms with van der Waals surface area (Å²) < 4.78 is 1.89. The molecule has 0 saturated heterocycles. The van der Waals surface area contributed by atoms with Crippen molar-refractivity contribution >= 4 is 5.69 Å². The van der Waals surface area contributed by atoms with E-state index in [0.29, 0.717) is 0 Å². The van der Waals surface area contributed by atoms with Crippen LogP contribution in [0.5, 0.6) is 0 Å². The lowest BCUT2D eigenvalue weighted by atomic mass is 10.2. The summed E-state index contributed by atoms with van der Waals surface area (Å²) >= 11 is 0. The molecule has 0 bridgehead atoms. The number of aromatic nitrogens is 2. The number of rotatable bonds is 3. The minimum absolute atomic E-state index is 0.823. The molecule has 0 aliphatic carbocycles. The molecule has 3 heteroatoms. The first kappa shape index (κ1) is 9.77. The van der Waals surface area contributed by atoms with Gasteiger partial charge >= 0.3 is 0 Å². The number of hydrogen-bond donors (Lipinski definition) is 1. The zero-order chi connectivity index (χ0) is 10.7. The lowest BCUT2D eigenvalue weighted by molar-refractivity contribution is 0.738. The molecule has 15 heavy (non-hydrogen) atoms. The quantitative estimate of drug-likeness (QED) is 0.826. The van der Waals surface area contributed by atoms with E-state index in [1.165, 1.54) is 11.3 Å². The van der Waals surface area contributed by atoms with Gasteiger partial charge in [0.15, 0.2) is 0 Å². The summed E-state index contributed by atoms with van der Waals surface area (Å²) in [6.07, 6.45) is 1.91. The smallest absolute Gasteiger partial charge is 0.0542 e. The highest BCUT2D eigenvalue weighted by Crippen LogP contribution is 2.10. The van der Waals surface area contributed by atoms with Crippen molar-refractivity contribution in [1.29, 1.82) is 0 Å². The van der Waals surface area contributed by atoms with Gasteiger partial charge in [-0.15, -0.1) is 0 Å². The van der Waals surface area contributed by atoms with Crippen molar-refractivity contribution in [3.8, 4) is 0 Å². The van der Waals surface area contributed by atoms with E-state index in [2.05, 4.69) is 29.5 Å². The van der Waals surface area contributed by atoms with Crippen molar-refractivity contribution in [3.63, 3.8) is 0 Å². The van der Waals surface area contributed by atoms with E-state index in [4.69, 9.17) is 0 Å². The van der Waals surface area contributed by atoms with Gasteiger partial charge in [-0.2, -0.15) is 5.10 Å². The molecule has 0 fully saturated rings. The van der Waals surface area contributed by atoms with E-state index in [1.54, 1.807) is 0 Å². The maximum atomic E-state index is 4.21. The minimum Gasteiger partial charge on any atom is -0.381 e. The standard InChI is InChI=1S/C12H15N3/c1-10-11(9-14-15(10)2)8-13-12-6-4-3-5-7-12/h3-7,9,13H,8H2,1-2H3. The molecule has 0 aliphatic rings. The van der Waals surface area contributed by atoms with Gasteiger partial charge in [0, 0.05) is 30.5 Å². The Morgan fingerprint density at radius 2 is 2.00 bits per heavy atom. The topological polar surface area (TPSA) is 29.9 Å². The van der Waals surface area contributed by atoms with Crippen LogP contribution < -0.4 is 5.32 Å². The molecular formula is C12H15N3. The Morgan fingerprint density at radius 1 is 1.27 bits per heavy atom. The normalized spacial score (nSPS) is 10.3. The molecule has 0 spiro atoms. The third-order valence-corrected chi connectivity index (χ3v) is 2.59. The van der Waals surface area contributed by atoms with Gasteiger partial charge in [-0.25, -0.2) is 0 Å². The molecule has 0 radical (unpaired) electrons. The first-order valence-electron chi connectivity index (χ1n) is 5.04. The molecule has 2 rings (SSSR count). The van der Waals surface area contributed by atoms with Crippen LogP contribution in [-0.4, -0.2) is 9.78 Å². The first-order chi connectivity index (χ1) is 7.27. The van der Waals surface area contributed by atoms with Crippen LogP contribution in [0, 0.1) is 6.92 Å². The van der Waals surface area contributed by atoms with Gasteiger partial charge in [-0.05, 0) is 19.1 Å². The molecule has 1 aromatic carbocycles. The van der Waals surface area contributed by atoms with Crippen LogP contribution in [0.3, 0.4) is 0 Å². The zero-order valence-electron chi connectivity index (χ0n) is 9.07. The Balaban J connectivity index is 2.02. The van der Waals surface area contributed by atoms with Crippen LogP contribution in [0.15, 0.2) is 36.5 Å². The van der Waals surface area contributed by atoms with Crippen molar-refractivity contribution in [3.05, 3.63) is 47.8 Å². The van der Waals surface area contributed by atoms with Gasteiger partial charge in [-0.1, -0.05) is 18.2 Å². The number of benzene rings is 1. The number of nitrogens with zero attached hydrogens (tertiary/aromatic N) is 2. The molecule has 0 atom stereocenters. The molecule has 0 unspecified atom stereocenters.